The zero-order valence-electron chi connectivity index (χ0n) is 11.6. The molecule has 20 heavy (non-hydrogen) atoms. The molecule has 0 saturated heterocycles. The Bertz CT molecular complexity index is 623. The number of rotatable bonds is 2. The van der Waals surface area contributed by atoms with E-state index in [1.54, 1.807) is 0 Å². The molecule has 1 unspecified atom stereocenters. The predicted molar refractivity (Wildman–Crippen MR) is 81.7 cm³/mol. The van der Waals surface area contributed by atoms with Crippen LogP contribution >= 0.6 is 15.9 Å². The lowest BCUT2D eigenvalue weighted by atomic mass is 9.96. The summed E-state index contributed by atoms with van der Waals surface area (Å²) in [6.07, 6.45) is 4.45. The SMILES string of the molecule is CC(C)n1cncc1C1C[C@@H](N)c2ccc(Br)cc2O1. The van der Waals surface area contributed by atoms with E-state index in [2.05, 4.69) is 39.3 Å². The first-order valence-electron chi connectivity index (χ1n) is 6.79. The molecule has 0 fully saturated rings. The third-order valence-corrected chi connectivity index (χ3v) is 4.19. The van der Waals surface area contributed by atoms with Crippen molar-refractivity contribution in [3.8, 4) is 5.75 Å². The number of nitrogens with zero attached hydrogens (tertiary/aromatic N) is 2. The van der Waals surface area contributed by atoms with Crippen LogP contribution in [0, 0.1) is 0 Å². The first-order valence-corrected chi connectivity index (χ1v) is 7.59. The Morgan fingerprint density at radius 3 is 3.00 bits per heavy atom. The molecule has 0 amide bonds. The van der Waals surface area contributed by atoms with Gasteiger partial charge in [0.15, 0.2) is 0 Å². The van der Waals surface area contributed by atoms with Crippen molar-refractivity contribution < 1.29 is 4.74 Å². The normalized spacial score (nSPS) is 21.6. The molecule has 5 heteroatoms. The van der Waals surface area contributed by atoms with Crippen molar-refractivity contribution in [1.29, 1.82) is 0 Å². The van der Waals surface area contributed by atoms with Crippen LogP contribution in [0.3, 0.4) is 0 Å². The Morgan fingerprint density at radius 1 is 1.45 bits per heavy atom. The highest BCUT2D eigenvalue weighted by Crippen LogP contribution is 2.41. The van der Waals surface area contributed by atoms with Crippen LogP contribution in [0.25, 0.3) is 0 Å². The van der Waals surface area contributed by atoms with E-state index < -0.39 is 0 Å². The van der Waals surface area contributed by atoms with Gasteiger partial charge in [0.2, 0.25) is 0 Å². The summed E-state index contributed by atoms with van der Waals surface area (Å²) < 4.78 is 9.29. The van der Waals surface area contributed by atoms with Gasteiger partial charge in [0.05, 0.1) is 18.2 Å². The number of hydrogen-bond acceptors (Lipinski definition) is 3. The molecule has 106 valence electrons. The van der Waals surface area contributed by atoms with Gasteiger partial charge in [-0.1, -0.05) is 22.0 Å². The van der Waals surface area contributed by atoms with Crippen molar-refractivity contribution in [2.75, 3.05) is 0 Å². The number of hydrogen-bond donors (Lipinski definition) is 1. The molecular formula is C15H18BrN3O. The Hall–Kier alpha value is -1.33. The fourth-order valence-electron chi connectivity index (χ4n) is 2.65. The molecule has 2 N–H and O–H groups in total. The third-order valence-electron chi connectivity index (χ3n) is 3.69. The fraction of sp³-hybridized carbons (Fsp3) is 0.400. The number of nitrogens with two attached hydrogens (primary N) is 1. The van der Waals surface area contributed by atoms with E-state index in [1.807, 2.05) is 30.7 Å². The molecule has 0 radical (unpaired) electrons. The van der Waals surface area contributed by atoms with E-state index in [0.717, 1.165) is 27.9 Å². The molecule has 0 bridgehead atoms. The molecule has 2 heterocycles. The first-order chi connectivity index (χ1) is 9.56. The molecule has 1 aromatic carbocycles. The van der Waals surface area contributed by atoms with Crippen LogP contribution < -0.4 is 10.5 Å². The van der Waals surface area contributed by atoms with Gasteiger partial charge in [-0.05, 0) is 26.0 Å². The smallest absolute Gasteiger partial charge is 0.142 e. The quantitative estimate of drug-likeness (QED) is 0.909. The maximum atomic E-state index is 6.29. The minimum atomic E-state index is -0.0447. The van der Waals surface area contributed by atoms with Gasteiger partial charge in [-0.2, -0.15) is 0 Å². The summed E-state index contributed by atoms with van der Waals surface area (Å²) in [6, 6.07) is 6.36. The number of imidazole rings is 1. The number of fused-ring (bicyclic) bond motifs is 1. The lowest BCUT2D eigenvalue weighted by Crippen LogP contribution is -2.26. The number of aromatic nitrogens is 2. The molecule has 1 aliphatic heterocycles. The molecule has 4 nitrogen and oxygen atoms in total. The van der Waals surface area contributed by atoms with Gasteiger partial charge in [-0.15, -0.1) is 0 Å². The molecule has 0 saturated carbocycles. The third kappa shape index (κ3) is 2.36. The summed E-state index contributed by atoms with van der Waals surface area (Å²) in [7, 11) is 0. The summed E-state index contributed by atoms with van der Waals surface area (Å²) >= 11 is 3.48. The maximum absolute atomic E-state index is 6.29. The van der Waals surface area contributed by atoms with E-state index in [9.17, 15) is 0 Å². The highest BCUT2D eigenvalue weighted by molar-refractivity contribution is 9.10. The molecule has 2 atom stereocenters. The van der Waals surface area contributed by atoms with Crippen LogP contribution in [0.4, 0.5) is 0 Å². The second-order valence-corrected chi connectivity index (χ2v) is 6.37. The number of ether oxygens (including phenoxy) is 1. The summed E-state index contributed by atoms with van der Waals surface area (Å²) in [4.78, 5) is 4.25. The number of halogens is 1. The molecule has 1 aliphatic rings. The van der Waals surface area contributed by atoms with E-state index in [1.165, 1.54) is 0 Å². The topological polar surface area (TPSA) is 53.1 Å². The zero-order valence-corrected chi connectivity index (χ0v) is 13.2. The molecular weight excluding hydrogens is 318 g/mol. The fourth-order valence-corrected chi connectivity index (χ4v) is 2.99. The van der Waals surface area contributed by atoms with Gasteiger partial charge in [-0.3, -0.25) is 0 Å². The van der Waals surface area contributed by atoms with Gasteiger partial charge in [0, 0.05) is 28.5 Å². The van der Waals surface area contributed by atoms with Crippen LogP contribution in [0.15, 0.2) is 35.2 Å². The number of benzene rings is 1. The second-order valence-electron chi connectivity index (χ2n) is 5.45. The maximum Gasteiger partial charge on any atom is 0.142 e. The van der Waals surface area contributed by atoms with Crippen molar-refractivity contribution in [1.82, 2.24) is 9.55 Å². The summed E-state index contributed by atoms with van der Waals surface area (Å²) in [5, 5.41) is 0. The van der Waals surface area contributed by atoms with Gasteiger partial charge in [0.1, 0.15) is 11.9 Å². The monoisotopic (exact) mass is 335 g/mol. The van der Waals surface area contributed by atoms with E-state index in [4.69, 9.17) is 10.5 Å². The molecule has 0 aliphatic carbocycles. The predicted octanol–water partition coefficient (Wildman–Crippen LogP) is 3.75. The van der Waals surface area contributed by atoms with Gasteiger partial charge in [-0.25, -0.2) is 4.98 Å². The van der Waals surface area contributed by atoms with Crippen LogP contribution in [0.5, 0.6) is 5.75 Å². The van der Waals surface area contributed by atoms with E-state index in [0.29, 0.717) is 6.04 Å². The van der Waals surface area contributed by atoms with E-state index in [-0.39, 0.29) is 12.1 Å². The molecule has 2 aromatic rings. The van der Waals surface area contributed by atoms with Crippen molar-refractivity contribution in [2.45, 2.75) is 38.5 Å². The molecule has 3 rings (SSSR count). The highest BCUT2D eigenvalue weighted by atomic mass is 79.9. The minimum Gasteiger partial charge on any atom is -0.484 e. The Kier molecular flexibility index (Phi) is 3.56. The van der Waals surface area contributed by atoms with Crippen LogP contribution in [-0.4, -0.2) is 9.55 Å². The van der Waals surface area contributed by atoms with Crippen LogP contribution in [0.2, 0.25) is 0 Å². The van der Waals surface area contributed by atoms with Crippen molar-refractivity contribution in [3.05, 3.63) is 46.5 Å². The largest absolute Gasteiger partial charge is 0.484 e. The zero-order chi connectivity index (χ0) is 14.3. The Morgan fingerprint density at radius 2 is 2.25 bits per heavy atom. The average molecular weight is 336 g/mol. The van der Waals surface area contributed by atoms with Gasteiger partial charge in [0.25, 0.3) is 0 Å². The molecule has 0 spiro atoms. The van der Waals surface area contributed by atoms with Gasteiger partial charge >= 0.3 is 0 Å². The van der Waals surface area contributed by atoms with Crippen molar-refractivity contribution in [2.24, 2.45) is 5.73 Å². The van der Waals surface area contributed by atoms with Crippen molar-refractivity contribution in [3.63, 3.8) is 0 Å². The first kappa shape index (κ1) is 13.6. The lowest BCUT2D eigenvalue weighted by molar-refractivity contribution is 0.151. The molecule has 1 aromatic heterocycles. The highest BCUT2D eigenvalue weighted by Gasteiger charge is 2.29. The Balaban J connectivity index is 1.96. The lowest BCUT2D eigenvalue weighted by Gasteiger charge is -2.31. The minimum absolute atomic E-state index is 0.00707. The van der Waals surface area contributed by atoms with Gasteiger partial charge < -0.3 is 15.0 Å². The average Bonchev–Trinajstić information content (AvgIpc) is 2.87. The van der Waals surface area contributed by atoms with Crippen LogP contribution in [-0.2, 0) is 0 Å². The summed E-state index contributed by atoms with van der Waals surface area (Å²) in [5.74, 6) is 0.861. The van der Waals surface area contributed by atoms with E-state index >= 15 is 0 Å². The second kappa shape index (κ2) is 5.22. The summed E-state index contributed by atoms with van der Waals surface area (Å²) in [6.45, 7) is 4.27. The Labute approximate surface area is 127 Å². The summed E-state index contributed by atoms with van der Waals surface area (Å²) in [5.41, 5.74) is 8.45. The van der Waals surface area contributed by atoms with Crippen LogP contribution in [0.1, 0.15) is 49.7 Å². The van der Waals surface area contributed by atoms with Crippen molar-refractivity contribution >= 4 is 15.9 Å². The standard InChI is InChI=1S/C15H18BrN3O/c1-9(2)19-8-18-7-13(19)15-6-12(17)11-4-3-10(16)5-14(11)20-15/h3-5,7-9,12,15H,6,17H2,1-2H3/t12-,15?/m1/s1.